The van der Waals surface area contributed by atoms with Crippen molar-refractivity contribution in [2.24, 2.45) is 21.5 Å². The Morgan fingerprint density at radius 3 is 1.14 bits per heavy atom. The SMILES string of the molecule is CC(=O)O.COc1cccc(-c2ccnc(C3(c4ccc(OS(=O)(=O)C(F)(F)F)cc4)N=C(N)N(C)C3=O)c2)c1.COc1cccc(-c2ccnc(C3(c4ccc(OS(=O)(=O)C(F)(F)F)cc4)N=C(N)N(C)C3=O)c2)c1. The van der Waals surface area contributed by atoms with E-state index in [1.54, 1.807) is 60.7 Å². The number of carbonyl (C=O) groups excluding carboxylic acids is 2. The summed E-state index contributed by atoms with van der Waals surface area (Å²) < 4.78 is 140. The highest BCUT2D eigenvalue weighted by Crippen LogP contribution is 2.43. The summed E-state index contributed by atoms with van der Waals surface area (Å²) in [4.78, 5) is 55.6. The highest BCUT2D eigenvalue weighted by Gasteiger charge is 2.53. The molecule has 0 aliphatic carbocycles. The predicted molar refractivity (Wildman–Crippen MR) is 260 cm³/mol. The van der Waals surface area contributed by atoms with E-state index in [0.29, 0.717) is 22.6 Å². The number of hydrogen-bond donors (Lipinski definition) is 3. The molecule has 0 spiro atoms. The lowest BCUT2D eigenvalue weighted by Crippen LogP contribution is -2.41. The second-order valence-corrected chi connectivity index (χ2v) is 19.0. The third-order valence-electron chi connectivity index (χ3n) is 11.1. The fraction of sp³-hybridized carbons (Fsp3) is 0.188. The van der Waals surface area contributed by atoms with Crippen LogP contribution < -0.4 is 29.3 Å². The fourth-order valence-corrected chi connectivity index (χ4v) is 8.28. The van der Waals surface area contributed by atoms with Crippen molar-refractivity contribution >= 4 is 49.9 Å². The lowest BCUT2D eigenvalue weighted by molar-refractivity contribution is -0.134. The Hall–Kier alpha value is -8.79. The predicted octanol–water partition coefficient (Wildman–Crippen LogP) is 6.12. The van der Waals surface area contributed by atoms with Crippen molar-refractivity contribution < 1.29 is 80.5 Å². The average molecular weight is 1100 g/mol. The minimum Gasteiger partial charge on any atom is -0.497 e. The van der Waals surface area contributed by atoms with Crippen molar-refractivity contribution in [1.82, 2.24) is 19.8 Å². The van der Waals surface area contributed by atoms with Gasteiger partial charge in [0, 0.05) is 33.4 Å². The van der Waals surface area contributed by atoms with Crippen LogP contribution >= 0.6 is 0 Å². The highest BCUT2D eigenvalue weighted by molar-refractivity contribution is 7.88. The molecule has 76 heavy (non-hydrogen) atoms. The summed E-state index contributed by atoms with van der Waals surface area (Å²) in [5.41, 5.74) is 0.831. The van der Waals surface area contributed by atoms with Gasteiger partial charge in [-0.3, -0.25) is 34.2 Å². The van der Waals surface area contributed by atoms with E-state index in [1.807, 2.05) is 12.1 Å². The number of carboxylic acids is 1. The van der Waals surface area contributed by atoms with Gasteiger partial charge in [0.05, 0.1) is 25.6 Å². The Morgan fingerprint density at radius 2 is 0.868 bits per heavy atom. The molecule has 0 fully saturated rings. The number of nitrogens with two attached hydrogens (primary N) is 2. The van der Waals surface area contributed by atoms with Gasteiger partial charge in [0.1, 0.15) is 23.0 Å². The number of aliphatic imine (C=N–C) groups is 2. The first-order chi connectivity index (χ1) is 35.5. The van der Waals surface area contributed by atoms with E-state index < -0.39 is 71.6 Å². The number of hydrogen-bond acceptors (Lipinski definition) is 17. The number of nitrogens with zero attached hydrogens (tertiary/aromatic N) is 6. The number of alkyl halides is 6. The number of aliphatic carboxylic acids is 1. The van der Waals surface area contributed by atoms with Crippen molar-refractivity contribution in [2.45, 2.75) is 29.0 Å². The van der Waals surface area contributed by atoms with Gasteiger partial charge in [-0.2, -0.15) is 43.2 Å². The third-order valence-corrected chi connectivity index (χ3v) is 13.0. The molecule has 2 unspecified atom stereocenters. The summed E-state index contributed by atoms with van der Waals surface area (Å²) in [7, 11) is -5.83. The molecule has 400 valence electrons. The Morgan fingerprint density at radius 1 is 0.553 bits per heavy atom. The van der Waals surface area contributed by atoms with E-state index in [9.17, 15) is 52.8 Å². The standard InChI is InChI=1S/2C23H19F3N4O5S.C2H4O2/c2*1-30-20(31)22(29-21(30)27,16-6-8-17(9-7-16)35-36(32,33)23(24,25)26)19-13-15(10-11-28-19)14-4-3-5-18(12-14)34-2;1-2(3)4/h2*3-13H,1-2H3,(H2,27,29);1H3,(H,3,4). The van der Waals surface area contributed by atoms with Crippen molar-refractivity contribution in [3.05, 3.63) is 156 Å². The summed E-state index contributed by atoms with van der Waals surface area (Å²) >= 11 is 0. The minimum atomic E-state index is -5.87. The molecule has 2 aliphatic heterocycles. The van der Waals surface area contributed by atoms with E-state index in [2.05, 4.69) is 28.3 Å². The van der Waals surface area contributed by atoms with Gasteiger partial charge >= 0.3 is 31.3 Å². The van der Waals surface area contributed by atoms with Gasteiger partial charge in [0.25, 0.3) is 17.8 Å². The molecule has 0 bridgehead atoms. The molecule has 0 radical (unpaired) electrons. The molecule has 2 aliphatic rings. The number of likely N-dealkylation sites (N-methyl/N-ethyl adjacent to an activating group) is 2. The van der Waals surface area contributed by atoms with Gasteiger partial charge in [-0.15, -0.1) is 0 Å². The van der Waals surface area contributed by atoms with Crippen LogP contribution in [0.5, 0.6) is 23.0 Å². The van der Waals surface area contributed by atoms with Gasteiger partial charge in [0.15, 0.2) is 11.9 Å². The number of halogens is 6. The van der Waals surface area contributed by atoms with Crippen LogP contribution in [0.1, 0.15) is 29.4 Å². The molecule has 2 atom stereocenters. The van der Waals surface area contributed by atoms with E-state index in [1.165, 1.54) is 65.0 Å². The third kappa shape index (κ3) is 11.5. The number of amides is 2. The van der Waals surface area contributed by atoms with Gasteiger partial charge in [-0.05, 0) is 106 Å². The van der Waals surface area contributed by atoms with Crippen molar-refractivity contribution in [3.8, 4) is 45.3 Å². The van der Waals surface area contributed by atoms with Crippen LogP contribution in [0.15, 0.2) is 144 Å². The number of pyridine rings is 2. The Kier molecular flexibility index (Phi) is 16.0. The summed E-state index contributed by atoms with van der Waals surface area (Å²) in [5, 5.41) is 7.42. The van der Waals surface area contributed by atoms with E-state index in [4.69, 9.17) is 30.8 Å². The summed E-state index contributed by atoms with van der Waals surface area (Å²) in [6.45, 7) is 1.08. The van der Waals surface area contributed by atoms with Crippen LogP contribution in [-0.2, 0) is 45.7 Å². The van der Waals surface area contributed by atoms with E-state index in [0.717, 1.165) is 52.1 Å². The zero-order chi connectivity index (χ0) is 56.2. The molecule has 2 aromatic heterocycles. The average Bonchev–Trinajstić information content (AvgIpc) is 3.77. The maximum absolute atomic E-state index is 13.4. The normalized spacial score (nSPS) is 17.6. The summed E-state index contributed by atoms with van der Waals surface area (Å²) in [6.07, 6.45) is 2.97. The number of methoxy groups -OCH3 is 2. The van der Waals surface area contributed by atoms with E-state index in [-0.39, 0.29) is 34.4 Å². The lowest BCUT2D eigenvalue weighted by atomic mass is 9.85. The first kappa shape index (κ1) is 56.5. The van der Waals surface area contributed by atoms with Crippen LogP contribution in [-0.4, -0.2) is 111 Å². The maximum atomic E-state index is 13.4. The molecule has 28 heteroatoms. The first-order valence-electron chi connectivity index (χ1n) is 21.4. The molecule has 4 heterocycles. The number of benzene rings is 4. The zero-order valence-corrected chi connectivity index (χ0v) is 41.7. The Bertz CT molecular complexity index is 3250. The maximum Gasteiger partial charge on any atom is 0.534 e. The van der Waals surface area contributed by atoms with Crippen LogP contribution in [0.2, 0.25) is 0 Å². The molecule has 20 nitrogen and oxygen atoms in total. The topological polar surface area (TPSA) is 286 Å². The Labute approximate surface area is 429 Å². The number of carboxylic acid groups (broad SMARTS) is 1. The molecule has 4 aromatic carbocycles. The van der Waals surface area contributed by atoms with Crippen molar-refractivity contribution in [1.29, 1.82) is 0 Å². The van der Waals surface area contributed by atoms with Crippen LogP contribution in [0.25, 0.3) is 22.3 Å². The number of carbonyl (C=O) groups is 3. The fourth-order valence-electron chi connectivity index (χ4n) is 7.36. The molecule has 0 saturated heterocycles. The van der Waals surface area contributed by atoms with Gasteiger partial charge in [-0.25, -0.2) is 9.98 Å². The van der Waals surface area contributed by atoms with Gasteiger partial charge < -0.3 is 34.4 Å². The zero-order valence-electron chi connectivity index (χ0n) is 40.1. The minimum absolute atomic E-state index is 0.103. The number of ether oxygens (including phenoxy) is 2. The van der Waals surface area contributed by atoms with Crippen LogP contribution in [0, 0.1) is 0 Å². The second-order valence-electron chi connectivity index (χ2n) is 15.9. The highest BCUT2D eigenvalue weighted by atomic mass is 32.2. The molecular formula is C48H42F6N8O12S2. The number of rotatable bonds is 12. The molecule has 0 saturated carbocycles. The summed E-state index contributed by atoms with van der Waals surface area (Å²) in [5.74, 6) is -2.13. The second kappa shape index (κ2) is 21.6. The largest absolute Gasteiger partial charge is 0.534 e. The van der Waals surface area contributed by atoms with Gasteiger partial charge in [0.2, 0.25) is 11.1 Å². The van der Waals surface area contributed by atoms with E-state index >= 15 is 0 Å². The molecule has 5 N–H and O–H groups in total. The van der Waals surface area contributed by atoms with Crippen LogP contribution in [0.3, 0.4) is 0 Å². The lowest BCUT2D eigenvalue weighted by Gasteiger charge is -2.25. The molecule has 2 amide bonds. The van der Waals surface area contributed by atoms with Crippen molar-refractivity contribution in [3.63, 3.8) is 0 Å². The first-order valence-corrected chi connectivity index (χ1v) is 24.2. The van der Waals surface area contributed by atoms with Gasteiger partial charge in [-0.1, -0.05) is 48.5 Å². The number of aromatic nitrogens is 2. The molecule has 8 rings (SSSR count). The summed E-state index contributed by atoms with van der Waals surface area (Å²) in [6, 6.07) is 30.0. The molecular weight excluding hydrogens is 1060 g/mol. The smallest absolute Gasteiger partial charge is 0.497 e. The Balaban J connectivity index is 0.000000230. The quantitative estimate of drug-likeness (QED) is 0.0706. The van der Waals surface area contributed by atoms with Crippen LogP contribution in [0.4, 0.5) is 26.3 Å². The number of guanidine groups is 2. The molecule has 6 aromatic rings. The van der Waals surface area contributed by atoms with Crippen molar-refractivity contribution in [2.75, 3.05) is 28.3 Å². The monoisotopic (exact) mass is 1100 g/mol.